The SMILES string of the molecule is [2H]c1c([2H])c([2H])c2c(-c3c4c([2H])c([2H])c([2H])c([2H])c4c(-c4ccccc4-c4cccc5ccccc45)c4c([2H])c([2H])c([2H])c([2H])c34)c([2H])c([2H])c([2H])c2c1[2H]. The van der Waals surface area contributed by atoms with Gasteiger partial charge in [0.15, 0.2) is 0 Å². The molecular weight excluding hydrogens is 480 g/mol. The minimum Gasteiger partial charge on any atom is -0.0616 e. The maximum absolute atomic E-state index is 9.39. The molecule has 0 aromatic heterocycles. The maximum Gasteiger partial charge on any atom is 0.0629 e. The fourth-order valence-electron chi connectivity index (χ4n) is 5.54. The second-order valence-electron chi connectivity index (χ2n) is 9.32. The van der Waals surface area contributed by atoms with Crippen molar-refractivity contribution in [3.8, 4) is 33.4 Å². The summed E-state index contributed by atoms with van der Waals surface area (Å²) < 4.78 is 134. The van der Waals surface area contributed by atoms with Crippen molar-refractivity contribution < 1.29 is 20.6 Å². The normalized spacial score (nSPS) is 16.8. The van der Waals surface area contributed by atoms with Gasteiger partial charge in [0.1, 0.15) is 0 Å². The van der Waals surface area contributed by atoms with Crippen LogP contribution in [0.2, 0.25) is 0 Å². The standard InChI is InChI=1S/C40H26/c1-3-17-29-27(13-1)15-11-25-31(29)32-19-5-6-20-34(32)40-37-23-9-7-21-35(37)39(36-22-8-10-24-38(36)40)33-26-12-16-28-14-2-4-18-30(28)33/h1-26H/i2D,4D,7D,8D,9D,10D,12D,14D,16D,18D,21D,22D,23D,24D,26D. The van der Waals surface area contributed by atoms with Crippen molar-refractivity contribution in [3.05, 3.63) is 157 Å². The van der Waals surface area contributed by atoms with E-state index in [-0.39, 0.29) is 32.7 Å². The summed E-state index contributed by atoms with van der Waals surface area (Å²) in [6.45, 7) is 0. The molecule has 186 valence electrons. The molecule has 0 aliphatic carbocycles. The summed E-state index contributed by atoms with van der Waals surface area (Å²) in [7, 11) is 0. The monoisotopic (exact) mass is 521 g/mol. The summed E-state index contributed by atoms with van der Waals surface area (Å²) in [6, 6.07) is 10.3. The smallest absolute Gasteiger partial charge is 0.0616 e. The molecule has 0 atom stereocenters. The molecule has 8 aromatic carbocycles. The summed E-state index contributed by atoms with van der Waals surface area (Å²) in [6.07, 6.45) is 0. The minimum absolute atomic E-state index is 0.0530. The Morgan fingerprint density at radius 2 is 0.800 bits per heavy atom. The van der Waals surface area contributed by atoms with Crippen molar-refractivity contribution in [2.75, 3.05) is 0 Å². The van der Waals surface area contributed by atoms with Crippen molar-refractivity contribution in [2.45, 2.75) is 0 Å². The van der Waals surface area contributed by atoms with Gasteiger partial charge < -0.3 is 0 Å². The Balaban J connectivity index is 1.75. The zero-order valence-corrected chi connectivity index (χ0v) is 20.9. The molecule has 0 aliphatic rings. The van der Waals surface area contributed by atoms with Crippen LogP contribution >= 0.6 is 0 Å². The van der Waals surface area contributed by atoms with Crippen molar-refractivity contribution in [3.63, 3.8) is 0 Å². The lowest BCUT2D eigenvalue weighted by atomic mass is 9.82. The van der Waals surface area contributed by atoms with E-state index in [9.17, 15) is 6.85 Å². The first-order valence-electron chi connectivity index (χ1n) is 20.1. The van der Waals surface area contributed by atoms with Gasteiger partial charge >= 0.3 is 0 Å². The van der Waals surface area contributed by atoms with E-state index in [4.69, 9.17) is 13.7 Å². The van der Waals surface area contributed by atoms with Crippen LogP contribution < -0.4 is 0 Å². The second-order valence-corrected chi connectivity index (χ2v) is 9.32. The molecule has 0 saturated carbocycles. The minimum atomic E-state index is -0.749. The van der Waals surface area contributed by atoms with Gasteiger partial charge in [-0.05, 0) is 76.5 Å². The topological polar surface area (TPSA) is 0 Å². The van der Waals surface area contributed by atoms with Gasteiger partial charge in [-0.1, -0.05) is 157 Å². The summed E-state index contributed by atoms with van der Waals surface area (Å²) >= 11 is 0. The van der Waals surface area contributed by atoms with Crippen molar-refractivity contribution in [1.82, 2.24) is 0 Å². The van der Waals surface area contributed by atoms with Crippen LogP contribution in [0, 0.1) is 0 Å². The summed E-state index contributed by atoms with van der Waals surface area (Å²) in [4.78, 5) is 0. The van der Waals surface area contributed by atoms with Gasteiger partial charge in [0.2, 0.25) is 0 Å². The van der Waals surface area contributed by atoms with E-state index in [1.807, 2.05) is 48.5 Å². The fraction of sp³-hybridized carbons (Fsp3) is 0. The lowest BCUT2D eigenvalue weighted by Crippen LogP contribution is -1.93. The van der Waals surface area contributed by atoms with E-state index in [0.29, 0.717) is 11.1 Å². The van der Waals surface area contributed by atoms with Crippen molar-refractivity contribution in [1.29, 1.82) is 0 Å². The van der Waals surface area contributed by atoms with Gasteiger partial charge in [-0.25, -0.2) is 0 Å². The molecule has 0 amide bonds. The predicted molar refractivity (Wildman–Crippen MR) is 173 cm³/mol. The average Bonchev–Trinajstić information content (AvgIpc) is 3.19. The zero-order chi connectivity index (χ0) is 39.5. The molecule has 0 radical (unpaired) electrons. The molecule has 0 fully saturated rings. The van der Waals surface area contributed by atoms with Crippen LogP contribution in [0.5, 0.6) is 0 Å². The number of fused-ring (bicyclic) bond motifs is 4. The van der Waals surface area contributed by atoms with E-state index >= 15 is 0 Å². The molecule has 40 heavy (non-hydrogen) atoms. The van der Waals surface area contributed by atoms with Crippen LogP contribution in [0.25, 0.3) is 76.5 Å². The Bertz CT molecular complexity index is 2950. The highest BCUT2D eigenvalue weighted by molar-refractivity contribution is 6.24. The molecule has 0 N–H and O–H groups in total. The quantitative estimate of drug-likeness (QED) is 0.203. The Kier molecular flexibility index (Phi) is 2.84. The van der Waals surface area contributed by atoms with Gasteiger partial charge in [-0.3, -0.25) is 0 Å². The van der Waals surface area contributed by atoms with E-state index in [0.717, 1.165) is 16.3 Å². The number of rotatable bonds is 3. The Morgan fingerprint density at radius 3 is 1.52 bits per heavy atom. The van der Waals surface area contributed by atoms with E-state index in [1.165, 1.54) is 0 Å². The largest absolute Gasteiger partial charge is 0.0629 e. The maximum atomic E-state index is 9.39. The Hall–Kier alpha value is -5.20. The summed E-state index contributed by atoms with van der Waals surface area (Å²) in [5.41, 5.74) is 0.974. The average molecular weight is 522 g/mol. The summed E-state index contributed by atoms with van der Waals surface area (Å²) in [5.74, 6) is 0. The highest BCUT2D eigenvalue weighted by Gasteiger charge is 2.20. The molecule has 0 bridgehead atoms. The Morgan fingerprint density at radius 1 is 0.300 bits per heavy atom. The van der Waals surface area contributed by atoms with Crippen LogP contribution in [0.3, 0.4) is 0 Å². The van der Waals surface area contributed by atoms with Gasteiger partial charge in [-0.15, -0.1) is 0 Å². The number of benzene rings is 8. The molecule has 0 heteroatoms. The number of hydrogen-bond donors (Lipinski definition) is 0. The molecule has 0 nitrogen and oxygen atoms in total. The van der Waals surface area contributed by atoms with Crippen molar-refractivity contribution in [2.24, 2.45) is 0 Å². The molecule has 0 aliphatic heterocycles. The van der Waals surface area contributed by atoms with Crippen LogP contribution in [-0.2, 0) is 0 Å². The lowest BCUT2D eigenvalue weighted by molar-refractivity contribution is 1.63. The van der Waals surface area contributed by atoms with Crippen molar-refractivity contribution >= 4 is 43.1 Å². The lowest BCUT2D eigenvalue weighted by Gasteiger charge is -2.20. The van der Waals surface area contributed by atoms with Gasteiger partial charge in [-0.2, -0.15) is 0 Å². The third-order valence-corrected chi connectivity index (χ3v) is 7.21. The first-order valence-corrected chi connectivity index (χ1v) is 12.6. The summed E-state index contributed by atoms with van der Waals surface area (Å²) in [5, 5.41) is 0.0357. The Labute approximate surface area is 254 Å². The molecule has 0 heterocycles. The van der Waals surface area contributed by atoms with E-state index < -0.39 is 107 Å². The predicted octanol–water partition coefficient (Wildman–Crippen LogP) is 11.3. The van der Waals surface area contributed by atoms with Crippen LogP contribution in [0.1, 0.15) is 20.6 Å². The van der Waals surface area contributed by atoms with Crippen LogP contribution in [0.4, 0.5) is 0 Å². The molecular formula is C40H26. The highest BCUT2D eigenvalue weighted by atomic mass is 14.2. The van der Waals surface area contributed by atoms with Crippen LogP contribution in [-0.4, -0.2) is 0 Å². The third-order valence-electron chi connectivity index (χ3n) is 7.21. The van der Waals surface area contributed by atoms with Gasteiger partial charge in [0.05, 0.1) is 20.6 Å². The first-order chi connectivity index (χ1) is 26.1. The van der Waals surface area contributed by atoms with Gasteiger partial charge in [0, 0.05) is 0 Å². The van der Waals surface area contributed by atoms with Crippen LogP contribution in [0.15, 0.2) is 157 Å². The third kappa shape index (κ3) is 3.47. The highest BCUT2D eigenvalue weighted by Crippen LogP contribution is 2.47. The van der Waals surface area contributed by atoms with E-state index in [2.05, 4.69) is 0 Å². The number of hydrogen-bond acceptors (Lipinski definition) is 0. The van der Waals surface area contributed by atoms with Gasteiger partial charge in [0.25, 0.3) is 0 Å². The molecule has 8 rings (SSSR count). The molecule has 0 saturated heterocycles. The fourth-order valence-corrected chi connectivity index (χ4v) is 5.54. The first kappa shape index (κ1) is 12.3. The zero-order valence-electron chi connectivity index (χ0n) is 35.9. The molecule has 0 spiro atoms. The molecule has 8 aromatic rings. The second kappa shape index (κ2) is 9.22. The van der Waals surface area contributed by atoms with E-state index in [1.54, 1.807) is 18.2 Å². The molecule has 0 unspecified atom stereocenters.